The molecule has 0 saturated heterocycles. The monoisotopic (exact) mass is 311 g/mol. The molecule has 3 aliphatic rings. The lowest BCUT2D eigenvalue weighted by Crippen LogP contribution is -2.47. The molecule has 2 heterocycles. The van der Waals surface area contributed by atoms with Crippen LogP contribution in [0.5, 0.6) is 0 Å². The number of nitrogens with one attached hydrogen (secondary N) is 2. The molecule has 0 spiro atoms. The molecule has 2 aliphatic heterocycles. The highest BCUT2D eigenvalue weighted by atomic mass is 16.2. The Bertz CT molecular complexity index is 646. The van der Waals surface area contributed by atoms with Gasteiger partial charge in [0.25, 0.3) is 5.91 Å². The number of hydrogen-bond donors (Lipinski definition) is 2. The first kappa shape index (κ1) is 14.8. The summed E-state index contributed by atoms with van der Waals surface area (Å²) in [4.78, 5) is 15.3. The van der Waals surface area contributed by atoms with Gasteiger partial charge in [-0.2, -0.15) is 0 Å². The first-order chi connectivity index (χ1) is 11.1. The fourth-order valence-electron chi connectivity index (χ4n) is 3.96. The summed E-state index contributed by atoms with van der Waals surface area (Å²) in [5, 5.41) is 7.15. The van der Waals surface area contributed by atoms with Crippen LogP contribution in [-0.2, 0) is 11.3 Å². The molecule has 4 rings (SSSR count). The zero-order chi connectivity index (χ0) is 16.0. The Kier molecular flexibility index (Phi) is 3.45. The number of nitrogens with zero attached hydrogens (tertiary/aromatic N) is 1. The molecule has 0 bridgehead atoms. The maximum Gasteiger partial charge on any atom is 0.254 e. The third-order valence-corrected chi connectivity index (χ3v) is 5.41. The fraction of sp³-hybridized carbons (Fsp3) is 0.526. The molecule has 1 aliphatic carbocycles. The number of amides is 1. The van der Waals surface area contributed by atoms with Gasteiger partial charge in [-0.15, -0.1) is 0 Å². The van der Waals surface area contributed by atoms with Gasteiger partial charge in [-0.05, 0) is 38.2 Å². The van der Waals surface area contributed by atoms with Gasteiger partial charge in [-0.1, -0.05) is 30.3 Å². The Morgan fingerprint density at radius 2 is 1.91 bits per heavy atom. The van der Waals surface area contributed by atoms with Crippen molar-refractivity contribution in [2.75, 3.05) is 13.1 Å². The summed E-state index contributed by atoms with van der Waals surface area (Å²) < 4.78 is 0. The number of carbonyl (C=O) groups is 1. The number of rotatable bonds is 3. The van der Waals surface area contributed by atoms with Gasteiger partial charge in [-0.3, -0.25) is 4.79 Å². The predicted molar refractivity (Wildman–Crippen MR) is 90.6 cm³/mol. The summed E-state index contributed by atoms with van der Waals surface area (Å²) in [5.41, 5.74) is 3.04. The molecular formula is C19H25N3O. The second kappa shape index (κ2) is 5.38. The van der Waals surface area contributed by atoms with Gasteiger partial charge in [0.15, 0.2) is 0 Å². The van der Waals surface area contributed by atoms with E-state index >= 15 is 0 Å². The zero-order valence-electron chi connectivity index (χ0n) is 13.9. The maximum atomic E-state index is 13.2. The van der Waals surface area contributed by atoms with Crippen LogP contribution >= 0.6 is 0 Å². The standard InChI is InChI=1S/C19H25N3O/c1-19(2)17-15(16(14-8-9-14)20-10-11-21-17)18(23)22(19)12-13-6-4-3-5-7-13/h3-7,14,16,20-21H,8-12H2,1-2H3. The molecule has 1 aromatic rings. The molecule has 1 aromatic carbocycles. The van der Waals surface area contributed by atoms with Crippen LogP contribution in [0.4, 0.5) is 0 Å². The van der Waals surface area contributed by atoms with E-state index in [0.29, 0.717) is 12.5 Å². The van der Waals surface area contributed by atoms with Crippen molar-refractivity contribution in [2.24, 2.45) is 5.92 Å². The van der Waals surface area contributed by atoms with Crippen LogP contribution in [0.2, 0.25) is 0 Å². The molecule has 1 unspecified atom stereocenters. The van der Waals surface area contributed by atoms with Gasteiger partial charge in [0, 0.05) is 31.4 Å². The molecule has 4 heteroatoms. The van der Waals surface area contributed by atoms with E-state index in [4.69, 9.17) is 0 Å². The minimum absolute atomic E-state index is 0.202. The van der Waals surface area contributed by atoms with Crippen molar-refractivity contribution < 1.29 is 4.79 Å². The molecule has 1 amide bonds. The van der Waals surface area contributed by atoms with Crippen molar-refractivity contribution >= 4 is 5.91 Å². The van der Waals surface area contributed by atoms with Gasteiger partial charge < -0.3 is 15.5 Å². The summed E-state index contributed by atoms with van der Waals surface area (Å²) in [6.45, 7) is 6.81. The lowest BCUT2D eigenvalue weighted by atomic mass is 9.95. The van der Waals surface area contributed by atoms with Crippen molar-refractivity contribution in [2.45, 2.75) is 44.8 Å². The highest BCUT2D eigenvalue weighted by Crippen LogP contribution is 2.43. The second-order valence-electron chi connectivity index (χ2n) is 7.42. The van der Waals surface area contributed by atoms with Gasteiger partial charge in [0.2, 0.25) is 0 Å². The second-order valence-corrected chi connectivity index (χ2v) is 7.42. The minimum Gasteiger partial charge on any atom is -0.385 e. The summed E-state index contributed by atoms with van der Waals surface area (Å²) in [6, 6.07) is 10.5. The molecule has 23 heavy (non-hydrogen) atoms. The Labute approximate surface area is 137 Å². The summed E-state index contributed by atoms with van der Waals surface area (Å²) in [5.74, 6) is 0.837. The van der Waals surface area contributed by atoms with E-state index in [9.17, 15) is 4.79 Å². The van der Waals surface area contributed by atoms with Crippen LogP contribution < -0.4 is 10.6 Å². The Morgan fingerprint density at radius 3 is 2.61 bits per heavy atom. The molecular weight excluding hydrogens is 286 g/mol. The Morgan fingerprint density at radius 1 is 1.17 bits per heavy atom. The van der Waals surface area contributed by atoms with Crippen LogP contribution in [0, 0.1) is 5.92 Å². The average molecular weight is 311 g/mol. The van der Waals surface area contributed by atoms with E-state index in [0.717, 1.165) is 24.4 Å². The van der Waals surface area contributed by atoms with Gasteiger partial charge in [0.05, 0.1) is 11.1 Å². The minimum atomic E-state index is -0.276. The molecule has 0 radical (unpaired) electrons. The number of benzene rings is 1. The fourth-order valence-corrected chi connectivity index (χ4v) is 3.96. The predicted octanol–water partition coefficient (Wildman–Crippen LogP) is 2.03. The van der Waals surface area contributed by atoms with E-state index < -0.39 is 0 Å². The van der Waals surface area contributed by atoms with Crippen molar-refractivity contribution in [3.8, 4) is 0 Å². The van der Waals surface area contributed by atoms with Crippen LogP contribution in [0.1, 0.15) is 32.3 Å². The lowest BCUT2D eigenvalue weighted by Gasteiger charge is -2.35. The number of hydrogen-bond acceptors (Lipinski definition) is 3. The van der Waals surface area contributed by atoms with Gasteiger partial charge >= 0.3 is 0 Å². The molecule has 2 N–H and O–H groups in total. The van der Waals surface area contributed by atoms with Crippen molar-refractivity contribution in [1.82, 2.24) is 15.5 Å². The molecule has 1 fully saturated rings. The Hall–Kier alpha value is -1.81. The van der Waals surface area contributed by atoms with Crippen LogP contribution in [0.15, 0.2) is 41.6 Å². The summed E-state index contributed by atoms with van der Waals surface area (Å²) in [6.07, 6.45) is 2.47. The largest absolute Gasteiger partial charge is 0.385 e. The van der Waals surface area contributed by atoms with Crippen molar-refractivity contribution in [3.05, 3.63) is 47.2 Å². The molecule has 4 nitrogen and oxygen atoms in total. The van der Waals surface area contributed by atoms with Crippen LogP contribution in [0.3, 0.4) is 0 Å². The van der Waals surface area contributed by atoms with Crippen LogP contribution in [-0.4, -0.2) is 35.5 Å². The van der Waals surface area contributed by atoms with Crippen molar-refractivity contribution in [1.29, 1.82) is 0 Å². The highest BCUT2D eigenvalue weighted by Gasteiger charge is 2.50. The first-order valence-corrected chi connectivity index (χ1v) is 8.67. The average Bonchev–Trinajstić information content (AvgIpc) is 3.35. The maximum absolute atomic E-state index is 13.2. The Balaban J connectivity index is 1.68. The lowest BCUT2D eigenvalue weighted by molar-refractivity contribution is -0.130. The van der Waals surface area contributed by atoms with Gasteiger partial charge in [-0.25, -0.2) is 0 Å². The van der Waals surface area contributed by atoms with E-state index in [2.05, 4.69) is 36.6 Å². The molecule has 122 valence electrons. The van der Waals surface area contributed by atoms with E-state index in [-0.39, 0.29) is 17.5 Å². The topological polar surface area (TPSA) is 44.4 Å². The van der Waals surface area contributed by atoms with Crippen molar-refractivity contribution in [3.63, 3.8) is 0 Å². The SMILES string of the molecule is CC1(C)C2=C(C(=O)N1Cc1ccccc1)C(C1CC1)NCCN2. The van der Waals surface area contributed by atoms with E-state index in [1.807, 2.05) is 23.1 Å². The first-order valence-electron chi connectivity index (χ1n) is 8.67. The van der Waals surface area contributed by atoms with E-state index in [1.54, 1.807) is 0 Å². The zero-order valence-corrected chi connectivity index (χ0v) is 13.9. The summed E-state index contributed by atoms with van der Waals surface area (Å²) >= 11 is 0. The van der Waals surface area contributed by atoms with Crippen LogP contribution in [0.25, 0.3) is 0 Å². The third-order valence-electron chi connectivity index (χ3n) is 5.41. The normalized spacial score (nSPS) is 26.8. The molecule has 1 atom stereocenters. The quantitative estimate of drug-likeness (QED) is 0.898. The summed E-state index contributed by atoms with van der Waals surface area (Å²) in [7, 11) is 0. The van der Waals surface area contributed by atoms with Gasteiger partial charge in [0.1, 0.15) is 0 Å². The molecule has 1 saturated carbocycles. The van der Waals surface area contributed by atoms with E-state index in [1.165, 1.54) is 18.4 Å². The smallest absolute Gasteiger partial charge is 0.254 e. The highest BCUT2D eigenvalue weighted by molar-refractivity contribution is 5.99. The molecule has 0 aromatic heterocycles. The number of carbonyl (C=O) groups excluding carboxylic acids is 1. The third kappa shape index (κ3) is 2.45.